The van der Waals surface area contributed by atoms with Crippen LogP contribution in [0.25, 0.3) is 11.1 Å². The molecule has 2 heteroatoms. The summed E-state index contributed by atoms with van der Waals surface area (Å²) >= 11 is 0. The van der Waals surface area contributed by atoms with E-state index in [2.05, 4.69) is 49.4 Å². The molecule has 0 spiro atoms. The highest BCUT2D eigenvalue weighted by Crippen LogP contribution is 2.25. The number of aryl methyl sites for hydroxylation is 2. The van der Waals surface area contributed by atoms with Gasteiger partial charge in [0, 0.05) is 0 Å². The third kappa shape index (κ3) is 3.72. The molecule has 0 bridgehead atoms. The molecule has 0 aromatic heterocycles. The Morgan fingerprint density at radius 3 is 2.43 bits per heavy atom. The molecule has 2 aromatic rings. The Morgan fingerprint density at radius 1 is 1.05 bits per heavy atom. The van der Waals surface area contributed by atoms with E-state index >= 15 is 0 Å². The molecule has 2 nitrogen and oxygen atoms in total. The molecule has 3 rings (SSSR count). The fraction of sp³-hybridized carbons (Fsp3) is 0.368. The van der Waals surface area contributed by atoms with Crippen LogP contribution in [0, 0.1) is 6.92 Å². The molecule has 1 fully saturated rings. The second-order valence-electron chi connectivity index (χ2n) is 5.86. The van der Waals surface area contributed by atoms with E-state index in [-0.39, 0.29) is 6.61 Å². The first-order valence-corrected chi connectivity index (χ1v) is 7.67. The molecular weight excluding hydrogens is 260 g/mol. The van der Waals surface area contributed by atoms with E-state index in [1.54, 1.807) is 0 Å². The molecule has 0 saturated carbocycles. The lowest BCUT2D eigenvalue weighted by Gasteiger charge is -2.11. The Labute approximate surface area is 126 Å². The molecule has 0 amide bonds. The highest BCUT2D eigenvalue weighted by Gasteiger charge is 2.21. The molecule has 110 valence electrons. The van der Waals surface area contributed by atoms with Gasteiger partial charge in [0.25, 0.3) is 0 Å². The first kappa shape index (κ1) is 14.3. The number of hydrogen-bond acceptors (Lipinski definition) is 2. The van der Waals surface area contributed by atoms with Gasteiger partial charge in [0.05, 0.1) is 19.3 Å². The van der Waals surface area contributed by atoms with Crippen molar-refractivity contribution in [2.24, 2.45) is 0 Å². The van der Waals surface area contributed by atoms with Gasteiger partial charge in [0.2, 0.25) is 0 Å². The van der Waals surface area contributed by atoms with E-state index in [4.69, 9.17) is 4.74 Å². The SMILES string of the molecule is Cc1ccc(-c2ccc(CO)c(CCCC3CO3)c2)cc1. The van der Waals surface area contributed by atoms with Crippen molar-refractivity contribution in [3.8, 4) is 11.1 Å². The second-order valence-corrected chi connectivity index (χ2v) is 5.86. The zero-order valence-electron chi connectivity index (χ0n) is 12.5. The quantitative estimate of drug-likeness (QED) is 0.816. The lowest BCUT2D eigenvalue weighted by Crippen LogP contribution is -1.97. The average molecular weight is 282 g/mol. The largest absolute Gasteiger partial charge is 0.392 e. The van der Waals surface area contributed by atoms with Crippen LogP contribution in [0.5, 0.6) is 0 Å². The number of ether oxygens (including phenoxy) is 1. The molecule has 1 atom stereocenters. The summed E-state index contributed by atoms with van der Waals surface area (Å²) in [5, 5.41) is 9.51. The van der Waals surface area contributed by atoms with E-state index in [0.717, 1.165) is 31.4 Å². The van der Waals surface area contributed by atoms with Crippen molar-refractivity contribution in [3.05, 3.63) is 59.2 Å². The Balaban J connectivity index is 1.79. The molecule has 21 heavy (non-hydrogen) atoms. The van der Waals surface area contributed by atoms with Crippen LogP contribution in [-0.4, -0.2) is 17.8 Å². The number of aliphatic hydroxyl groups excluding tert-OH is 1. The fourth-order valence-corrected chi connectivity index (χ4v) is 2.69. The molecule has 0 aliphatic carbocycles. The van der Waals surface area contributed by atoms with Gasteiger partial charge in [-0.25, -0.2) is 0 Å². The van der Waals surface area contributed by atoms with Gasteiger partial charge in [-0.05, 0) is 48.4 Å². The predicted octanol–water partition coefficient (Wildman–Crippen LogP) is 3.88. The van der Waals surface area contributed by atoms with Gasteiger partial charge < -0.3 is 9.84 Å². The standard InChI is InChI=1S/C19H22O2/c1-14-5-7-15(8-6-14)17-9-10-18(12-20)16(11-17)3-2-4-19-13-21-19/h5-11,19-20H,2-4,12-13H2,1H3. The molecule has 2 aromatic carbocycles. The lowest BCUT2D eigenvalue weighted by molar-refractivity contribution is 0.280. The zero-order chi connectivity index (χ0) is 14.7. The van der Waals surface area contributed by atoms with E-state index in [9.17, 15) is 5.11 Å². The maximum atomic E-state index is 9.51. The molecule has 1 saturated heterocycles. The van der Waals surface area contributed by atoms with E-state index in [0.29, 0.717) is 6.10 Å². The summed E-state index contributed by atoms with van der Waals surface area (Å²) in [6, 6.07) is 15.0. The maximum Gasteiger partial charge on any atom is 0.0810 e. The lowest BCUT2D eigenvalue weighted by atomic mass is 9.95. The number of epoxide rings is 1. The molecule has 1 N–H and O–H groups in total. The molecular formula is C19H22O2. The smallest absolute Gasteiger partial charge is 0.0810 e. The van der Waals surface area contributed by atoms with Gasteiger partial charge >= 0.3 is 0 Å². The van der Waals surface area contributed by atoms with Crippen molar-refractivity contribution in [1.82, 2.24) is 0 Å². The first-order valence-electron chi connectivity index (χ1n) is 7.67. The third-order valence-electron chi connectivity index (χ3n) is 4.14. The van der Waals surface area contributed by atoms with E-state index in [1.807, 2.05) is 0 Å². The topological polar surface area (TPSA) is 32.8 Å². The predicted molar refractivity (Wildman–Crippen MR) is 85.2 cm³/mol. The van der Waals surface area contributed by atoms with Crippen LogP contribution in [0.1, 0.15) is 29.5 Å². The monoisotopic (exact) mass is 282 g/mol. The van der Waals surface area contributed by atoms with Crippen LogP contribution < -0.4 is 0 Å². The fourth-order valence-electron chi connectivity index (χ4n) is 2.69. The van der Waals surface area contributed by atoms with Crippen molar-refractivity contribution in [2.45, 2.75) is 38.9 Å². The first-order chi connectivity index (χ1) is 10.3. The number of hydrogen-bond donors (Lipinski definition) is 1. The van der Waals surface area contributed by atoms with Gasteiger partial charge in [-0.2, -0.15) is 0 Å². The van der Waals surface area contributed by atoms with Gasteiger partial charge in [-0.15, -0.1) is 0 Å². The van der Waals surface area contributed by atoms with Crippen molar-refractivity contribution in [1.29, 1.82) is 0 Å². The number of rotatable bonds is 6. The summed E-state index contributed by atoms with van der Waals surface area (Å²) < 4.78 is 5.26. The minimum atomic E-state index is 0.115. The van der Waals surface area contributed by atoms with Gasteiger partial charge in [-0.3, -0.25) is 0 Å². The highest BCUT2D eigenvalue weighted by molar-refractivity contribution is 5.65. The van der Waals surface area contributed by atoms with Crippen LogP contribution in [0.2, 0.25) is 0 Å². The second kappa shape index (κ2) is 6.42. The summed E-state index contributed by atoms with van der Waals surface area (Å²) in [4.78, 5) is 0. The normalized spacial score (nSPS) is 17.0. The maximum absolute atomic E-state index is 9.51. The molecule has 1 heterocycles. The summed E-state index contributed by atoms with van der Waals surface area (Å²) in [6.07, 6.45) is 3.74. The highest BCUT2D eigenvalue weighted by atomic mass is 16.6. The van der Waals surface area contributed by atoms with E-state index < -0.39 is 0 Å². The van der Waals surface area contributed by atoms with Gasteiger partial charge in [0.1, 0.15) is 0 Å². The Morgan fingerprint density at radius 2 is 1.76 bits per heavy atom. The average Bonchev–Trinajstić information content (AvgIpc) is 3.32. The van der Waals surface area contributed by atoms with Crippen molar-refractivity contribution in [3.63, 3.8) is 0 Å². The molecule has 1 unspecified atom stereocenters. The minimum absolute atomic E-state index is 0.115. The van der Waals surface area contributed by atoms with Crippen LogP contribution in [0.15, 0.2) is 42.5 Å². The summed E-state index contributed by atoms with van der Waals surface area (Å²) in [6.45, 7) is 3.14. The number of benzene rings is 2. The van der Waals surface area contributed by atoms with Gasteiger partial charge in [0.15, 0.2) is 0 Å². The minimum Gasteiger partial charge on any atom is -0.392 e. The molecule has 0 radical (unpaired) electrons. The van der Waals surface area contributed by atoms with Gasteiger partial charge in [-0.1, -0.05) is 48.0 Å². The van der Waals surface area contributed by atoms with Crippen molar-refractivity contribution < 1.29 is 9.84 Å². The van der Waals surface area contributed by atoms with Crippen molar-refractivity contribution >= 4 is 0 Å². The molecule has 1 aliphatic rings. The van der Waals surface area contributed by atoms with Crippen molar-refractivity contribution in [2.75, 3.05) is 6.61 Å². The number of aliphatic hydroxyl groups is 1. The van der Waals surface area contributed by atoms with Crippen LogP contribution in [0.3, 0.4) is 0 Å². The molecule has 1 aliphatic heterocycles. The van der Waals surface area contributed by atoms with Crippen LogP contribution in [-0.2, 0) is 17.8 Å². The summed E-state index contributed by atoms with van der Waals surface area (Å²) in [7, 11) is 0. The van der Waals surface area contributed by atoms with Crippen LogP contribution in [0.4, 0.5) is 0 Å². The zero-order valence-corrected chi connectivity index (χ0v) is 12.5. The third-order valence-corrected chi connectivity index (χ3v) is 4.14. The Kier molecular flexibility index (Phi) is 4.37. The Bertz CT molecular complexity index is 597. The van der Waals surface area contributed by atoms with Crippen LogP contribution >= 0.6 is 0 Å². The Hall–Kier alpha value is -1.64. The summed E-state index contributed by atoms with van der Waals surface area (Å²) in [5.74, 6) is 0. The summed E-state index contributed by atoms with van der Waals surface area (Å²) in [5.41, 5.74) is 6.04. The van der Waals surface area contributed by atoms with E-state index in [1.165, 1.54) is 22.3 Å².